The lowest BCUT2D eigenvalue weighted by atomic mass is 10.1. The maximum absolute atomic E-state index is 12.8. The number of benzene rings is 1. The molecule has 0 bridgehead atoms. The number of hydrogen-bond acceptors (Lipinski definition) is 5. The van der Waals surface area contributed by atoms with E-state index in [0.29, 0.717) is 12.3 Å². The molecule has 1 saturated heterocycles. The average Bonchev–Trinajstić information content (AvgIpc) is 2.93. The number of carbonyl (C=O) groups excluding carboxylic acids is 1. The summed E-state index contributed by atoms with van der Waals surface area (Å²) in [5.74, 6) is 0.876. The number of hydrogen-bond donors (Lipinski definition) is 0. The zero-order valence-corrected chi connectivity index (χ0v) is 17.0. The second kappa shape index (κ2) is 9.66. The van der Waals surface area contributed by atoms with Crippen molar-refractivity contribution in [2.24, 2.45) is 0 Å². The Balaban J connectivity index is 1.62. The molecule has 0 N–H and O–H groups in total. The highest BCUT2D eigenvalue weighted by Gasteiger charge is 2.21. The van der Waals surface area contributed by atoms with Crippen LogP contribution in [0.15, 0.2) is 36.4 Å². The minimum absolute atomic E-state index is 0.0254. The molecule has 150 valence electrons. The molecule has 1 aliphatic rings. The Morgan fingerprint density at radius 3 is 2.71 bits per heavy atom. The van der Waals surface area contributed by atoms with Gasteiger partial charge in [0.25, 0.3) is 5.91 Å². The van der Waals surface area contributed by atoms with E-state index in [1.54, 1.807) is 20.3 Å². The normalized spacial score (nSPS) is 15.3. The average molecular weight is 383 g/mol. The van der Waals surface area contributed by atoms with Gasteiger partial charge in [-0.05, 0) is 43.2 Å². The summed E-state index contributed by atoms with van der Waals surface area (Å²) in [4.78, 5) is 21.5. The summed E-state index contributed by atoms with van der Waals surface area (Å²) in [5, 5.41) is 0. The fraction of sp³-hybridized carbons (Fsp3) is 0.455. The number of rotatable bonds is 6. The van der Waals surface area contributed by atoms with Gasteiger partial charge in [-0.25, -0.2) is 4.98 Å². The van der Waals surface area contributed by atoms with Crippen molar-refractivity contribution in [3.63, 3.8) is 0 Å². The Bertz CT molecular complexity index is 809. The third-order valence-corrected chi connectivity index (χ3v) is 5.03. The SMILES string of the molecule is COCc1cc(CN2CCCN(C(=O)c3cccc(C)n3)CC2)ccc1OC. The van der Waals surface area contributed by atoms with E-state index in [1.165, 1.54) is 5.56 Å². The number of ether oxygens (including phenoxy) is 2. The Morgan fingerprint density at radius 1 is 1.11 bits per heavy atom. The van der Waals surface area contributed by atoms with Crippen LogP contribution in [-0.2, 0) is 17.9 Å². The smallest absolute Gasteiger partial charge is 0.272 e. The quantitative estimate of drug-likeness (QED) is 0.768. The second-order valence-electron chi connectivity index (χ2n) is 7.17. The van der Waals surface area contributed by atoms with Crippen LogP contribution in [0.4, 0.5) is 0 Å². The molecule has 1 aliphatic heterocycles. The van der Waals surface area contributed by atoms with E-state index in [2.05, 4.69) is 22.0 Å². The zero-order valence-electron chi connectivity index (χ0n) is 17.0. The van der Waals surface area contributed by atoms with Gasteiger partial charge in [-0.1, -0.05) is 12.1 Å². The Morgan fingerprint density at radius 2 is 1.96 bits per heavy atom. The van der Waals surface area contributed by atoms with Gasteiger partial charge in [0, 0.05) is 51.1 Å². The molecule has 0 spiro atoms. The molecular formula is C22H29N3O3. The van der Waals surface area contributed by atoms with Crippen molar-refractivity contribution >= 4 is 5.91 Å². The fourth-order valence-corrected chi connectivity index (χ4v) is 3.61. The van der Waals surface area contributed by atoms with Crippen LogP contribution in [0.2, 0.25) is 0 Å². The highest BCUT2D eigenvalue weighted by molar-refractivity contribution is 5.92. The van der Waals surface area contributed by atoms with Gasteiger partial charge in [0.1, 0.15) is 11.4 Å². The predicted molar refractivity (Wildman–Crippen MR) is 108 cm³/mol. The van der Waals surface area contributed by atoms with Crippen LogP contribution >= 0.6 is 0 Å². The van der Waals surface area contributed by atoms with Crippen molar-refractivity contribution in [1.82, 2.24) is 14.8 Å². The first-order valence-electron chi connectivity index (χ1n) is 9.70. The number of aryl methyl sites for hydroxylation is 1. The van der Waals surface area contributed by atoms with Crippen LogP contribution in [-0.4, -0.2) is 61.1 Å². The second-order valence-corrected chi connectivity index (χ2v) is 7.17. The molecule has 0 radical (unpaired) electrons. The summed E-state index contributed by atoms with van der Waals surface area (Å²) in [5.41, 5.74) is 3.69. The number of aromatic nitrogens is 1. The van der Waals surface area contributed by atoms with Crippen LogP contribution in [0, 0.1) is 6.92 Å². The monoisotopic (exact) mass is 383 g/mol. The number of amides is 1. The van der Waals surface area contributed by atoms with Crippen molar-refractivity contribution in [3.05, 3.63) is 58.9 Å². The molecule has 1 amide bonds. The van der Waals surface area contributed by atoms with E-state index in [0.717, 1.165) is 56.2 Å². The lowest BCUT2D eigenvalue weighted by Gasteiger charge is -2.22. The van der Waals surface area contributed by atoms with E-state index in [4.69, 9.17) is 9.47 Å². The molecule has 1 fully saturated rings. The summed E-state index contributed by atoms with van der Waals surface area (Å²) in [6.45, 7) is 6.60. The van der Waals surface area contributed by atoms with Crippen LogP contribution in [0.1, 0.15) is 33.7 Å². The molecule has 0 unspecified atom stereocenters. The lowest BCUT2D eigenvalue weighted by Crippen LogP contribution is -2.35. The van der Waals surface area contributed by atoms with Crippen molar-refractivity contribution in [3.8, 4) is 5.75 Å². The van der Waals surface area contributed by atoms with Crippen LogP contribution < -0.4 is 4.74 Å². The van der Waals surface area contributed by atoms with Gasteiger partial charge in [0.2, 0.25) is 0 Å². The summed E-state index contributed by atoms with van der Waals surface area (Å²) < 4.78 is 10.7. The summed E-state index contributed by atoms with van der Waals surface area (Å²) in [6.07, 6.45) is 0.957. The summed E-state index contributed by atoms with van der Waals surface area (Å²) >= 11 is 0. The van der Waals surface area contributed by atoms with E-state index in [1.807, 2.05) is 30.0 Å². The Hall–Kier alpha value is -2.44. The first-order chi connectivity index (χ1) is 13.6. The molecule has 0 aliphatic carbocycles. The van der Waals surface area contributed by atoms with Gasteiger partial charge >= 0.3 is 0 Å². The highest BCUT2D eigenvalue weighted by atomic mass is 16.5. The molecule has 0 atom stereocenters. The molecule has 1 aromatic heterocycles. The number of nitrogens with zero attached hydrogens (tertiary/aromatic N) is 3. The van der Waals surface area contributed by atoms with Crippen molar-refractivity contribution in [2.45, 2.75) is 26.5 Å². The third-order valence-electron chi connectivity index (χ3n) is 5.03. The molecule has 6 heteroatoms. The largest absolute Gasteiger partial charge is 0.496 e. The fourth-order valence-electron chi connectivity index (χ4n) is 3.61. The number of methoxy groups -OCH3 is 2. The van der Waals surface area contributed by atoms with Crippen molar-refractivity contribution in [2.75, 3.05) is 40.4 Å². The molecule has 2 heterocycles. The van der Waals surface area contributed by atoms with E-state index >= 15 is 0 Å². The van der Waals surface area contributed by atoms with E-state index in [-0.39, 0.29) is 5.91 Å². The maximum atomic E-state index is 12.8. The van der Waals surface area contributed by atoms with Gasteiger partial charge in [0.15, 0.2) is 0 Å². The third kappa shape index (κ3) is 5.09. The Labute approximate surface area is 167 Å². The summed E-state index contributed by atoms with van der Waals surface area (Å²) in [6, 6.07) is 11.8. The molecule has 6 nitrogen and oxygen atoms in total. The van der Waals surface area contributed by atoms with Gasteiger partial charge in [0.05, 0.1) is 13.7 Å². The predicted octanol–water partition coefficient (Wildman–Crippen LogP) is 2.89. The van der Waals surface area contributed by atoms with E-state index < -0.39 is 0 Å². The molecular weight excluding hydrogens is 354 g/mol. The molecule has 2 aromatic rings. The van der Waals surface area contributed by atoms with Gasteiger partial charge < -0.3 is 14.4 Å². The van der Waals surface area contributed by atoms with Crippen molar-refractivity contribution < 1.29 is 14.3 Å². The van der Waals surface area contributed by atoms with E-state index in [9.17, 15) is 4.79 Å². The maximum Gasteiger partial charge on any atom is 0.272 e. The number of carbonyl (C=O) groups is 1. The van der Waals surface area contributed by atoms with Gasteiger partial charge in [-0.15, -0.1) is 0 Å². The zero-order chi connectivity index (χ0) is 19.9. The molecule has 1 aromatic carbocycles. The molecule has 3 rings (SSSR count). The van der Waals surface area contributed by atoms with Crippen molar-refractivity contribution in [1.29, 1.82) is 0 Å². The van der Waals surface area contributed by atoms with Gasteiger partial charge in [-0.3, -0.25) is 9.69 Å². The lowest BCUT2D eigenvalue weighted by molar-refractivity contribution is 0.0755. The van der Waals surface area contributed by atoms with Crippen LogP contribution in [0.3, 0.4) is 0 Å². The minimum atomic E-state index is 0.0254. The topological polar surface area (TPSA) is 54.9 Å². The first kappa shape index (κ1) is 20.3. The van der Waals surface area contributed by atoms with Gasteiger partial charge in [-0.2, -0.15) is 0 Å². The van der Waals surface area contributed by atoms with Crippen LogP contribution in [0.25, 0.3) is 0 Å². The summed E-state index contributed by atoms with van der Waals surface area (Å²) in [7, 11) is 3.37. The minimum Gasteiger partial charge on any atom is -0.496 e. The highest BCUT2D eigenvalue weighted by Crippen LogP contribution is 2.22. The standard InChI is InChI=1S/C22H29N3O3/c1-17-6-4-7-20(23-17)22(26)25-11-5-10-24(12-13-25)15-18-8-9-21(28-3)19(14-18)16-27-2/h4,6-9,14H,5,10-13,15-16H2,1-3H3. The Kier molecular flexibility index (Phi) is 7.01. The van der Waals surface area contributed by atoms with Crippen LogP contribution in [0.5, 0.6) is 5.75 Å². The molecule has 0 saturated carbocycles. The number of pyridine rings is 1. The molecule has 28 heavy (non-hydrogen) atoms. The first-order valence-corrected chi connectivity index (χ1v) is 9.70.